The van der Waals surface area contributed by atoms with Gasteiger partial charge >= 0.3 is 5.97 Å². The smallest absolute Gasteiger partial charge is 0.308 e. The Balaban J connectivity index is 1.51. The molecular weight excluding hydrogens is 364 g/mol. The molecule has 158 valence electrons. The molecular formula is C25H34O4. The molecule has 0 N–H and O–H groups in total. The number of allylic oxidation sites excluding steroid dienone is 4. The molecule has 4 nitrogen and oxygen atoms in total. The summed E-state index contributed by atoms with van der Waals surface area (Å²) in [7, 11) is 0. The van der Waals surface area contributed by atoms with E-state index in [-0.39, 0.29) is 46.8 Å². The second-order valence-corrected chi connectivity index (χ2v) is 10.5. The maximum Gasteiger partial charge on any atom is 0.308 e. The van der Waals surface area contributed by atoms with Crippen molar-refractivity contribution in [3.63, 3.8) is 0 Å². The summed E-state index contributed by atoms with van der Waals surface area (Å²) in [6, 6.07) is 0. The fourth-order valence-electron chi connectivity index (χ4n) is 7.14. The number of carbonyl (C=O) groups is 3. The highest BCUT2D eigenvalue weighted by atomic mass is 16.5. The van der Waals surface area contributed by atoms with Crippen LogP contribution in [0.1, 0.15) is 66.2 Å². The zero-order valence-electron chi connectivity index (χ0n) is 18.2. The number of ketones is 2. The summed E-state index contributed by atoms with van der Waals surface area (Å²) >= 11 is 0. The summed E-state index contributed by atoms with van der Waals surface area (Å²) in [6.07, 6.45) is 12.0. The average Bonchev–Trinajstić information content (AvgIpc) is 3.03. The SMILES string of the molecule is CC(C)C(=O)OCC(=O)[C@H]1CC[C@H]2[C@@H]3CCC4=CC(=O)C=C[C@]4(C)[C@H]3CC[C@]12C. The van der Waals surface area contributed by atoms with Gasteiger partial charge in [0.15, 0.2) is 11.6 Å². The van der Waals surface area contributed by atoms with Gasteiger partial charge in [0.25, 0.3) is 0 Å². The van der Waals surface area contributed by atoms with E-state index >= 15 is 0 Å². The molecule has 3 saturated carbocycles. The Bertz CT molecular complexity index is 791. The lowest BCUT2D eigenvalue weighted by molar-refractivity contribution is -0.153. The van der Waals surface area contributed by atoms with Crippen molar-refractivity contribution in [1.82, 2.24) is 0 Å². The van der Waals surface area contributed by atoms with E-state index < -0.39 is 0 Å². The first kappa shape index (κ1) is 20.6. The molecule has 0 aliphatic heterocycles. The normalized spacial score (nSPS) is 40.7. The monoisotopic (exact) mass is 398 g/mol. The van der Waals surface area contributed by atoms with Crippen molar-refractivity contribution >= 4 is 17.5 Å². The fourth-order valence-corrected chi connectivity index (χ4v) is 7.14. The Morgan fingerprint density at radius 1 is 1.14 bits per heavy atom. The molecule has 3 fully saturated rings. The Hall–Kier alpha value is -1.71. The van der Waals surface area contributed by atoms with Crippen LogP contribution in [0.25, 0.3) is 0 Å². The van der Waals surface area contributed by atoms with Gasteiger partial charge in [0.2, 0.25) is 0 Å². The first-order chi connectivity index (χ1) is 13.7. The molecule has 0 aromatic heterocycles. The average molecular weight is 399 g/mol. The largest absolute Gasteiger partial charge is 0.457 e. The van der Waals surface area contributed by atoms with Gasteiger partial charge in [-0.05, 0) is 73.8 Å². The van der Waals surface area contributed by atoms with E-state index in [2.05, 4.69) is 19.9 Å². The Labute approximate surface area is 174 Å². The van der Waals surface area contributed by atoms with Crippen LogP contribution in [0.4, 0.5) is 0 Å². The van der Waals surface area contributed by atoms with E-state index in [9.17, 15) is 14.4 Å². The highest BCUT2D eigenvalue weighted by Crippen LogP contribution is 2.66. The van der Waals surface area contributed by atoms with E-state index in [1.807, 2.05) is 6.08 Å². The minimum atomic E-state index is -0.292. The Morgan fingerprint density at radius 2 is 1.90 bits per heavy atom. The predicted molar refractivity (Wildman–Crippen MR) is 111 cm³/mol. The van der Waals surface area contributed by atoms with E-state index in [1.165, 1.54) is 5.57 Å². The van der Waals surface area contributed by atoms with Crippen LogP contribution in [-0.2, 0) is 19.1 Å². The zero-order chi connectivity index (χ0) is 21.0. The first-order valence-electron chi connectivity index (χ1n) is 11.3. The number of hydrogen-bond donors (Lipinski definition) is 0. The molecule has 0 spiro atoms. The van der Waals surface area contributed by atoms with Crippen molar-refractivity contribution in [2.24, 2.45) is 40.4 Å². The van der Waals surface area contributed by atoms with Crippen LogP contribution >= 0.6 is 0 Å². The van der Waals surface area contributed by atoms with Crippen LogP contribution < -0.4 is 0 Å². The summed E-state index contributed by atoms with van der Waals surface area (Å²) in [6.45, 7) is 8.13. The van der Waals surface area contributed by atoms with Crippen LogP contribution in [0.15, 0.2) is 23.8 Å². The summed E-state index contributed by atoms with van der Waals surface area (Å²) in [5.74, 6) is 1.43. The third kappa shape index (κ3) is 3.23. The molecule has 4 rings (SSSR count). The minimum Gasteiger partial charge on any atom is -0.457 e. The Kier molecular flexibility index (Phi) is 5.11. The molecule has 0 radical (unpaired) electrons. The van der Waals surface area contributed by atoms with Crippen molar-refractivity contribution in [3.05, 3.63) is 23.8 Å². The fraction of sp³-hybridized carbons (Fsp3) is 0.720. The molecule has 0 bridgehead atoms. The van der Waals surface area contributed by atoms with Crippen molar-refractivity contribution in [2.75, 3.05) is 6.61 Å². The van der Waals surface area contributed by atoms with Crippen LogP contribution in [0.3, 0.4) is 0 Å². The molecule has 0 aromatic rings. The van der Waals surface area contributed by atoms with Gasteiger partial charge in [0, 0.05) is 11.3 Å². The minimum absolute atomic E-state index is 0.00151. The van der Waals surface area contributed by atoms with E-state index in [0.717, 1.165) is 38.5 Å². The predicted octanol–water partition coefficient (Wildman–Crippen LogP) is 4.68. The van der Waals surface area contributed by atoms with Crippen molar-refractivity contribution in [1.29, 1.82) is 0 Å². The first-order valence-corrected chi connectivity index (χ1v) is 11.3. The highest BCUT2D eigenvalue weighted by Gasteiger charge is 2.59. The molecule has 0 saturated heterocycles. The quantitative estimate of drug-likeness (QED) is 0.645. The molecule has 0 unspecified atom stereocenters. The maximum absolute atomic E-state index is 13.0. The molecule has 0 amide bonds. The number of fused-ring (bicyclic) bond motifs is 5. The molecule has 29 heavy (non-hydrogen) atoms. The number of Topliss-reactive ketones (excluding diaryl/α,β-unsaturated/α-hetero) is 1. The number of ether oxygens (including phenoxy) is 1. The topological polar surface area (TPSA) is 60.4 Å². The zero-order valence-corrected chi connectivity index (χ0v) is 18.2. The third-order valence-corrected chi connectivity index (χ3v) is 8.77. The second-order valence-electron chi connectivity index (χ2n) is 10.5. The van der Waals surface area contributed by atoms with Gasteiger partial charge < -0.3 is 4.74 Å². The number of esters is 1. The molecule has 4 aliphatic carbocycles. The van der Waals surface area contributed by atoms with Gasteiger partial charge in [-0.15, -0.1) is 0 Å². The van der Waals surface area contributed by atoms with Gasteiger partial charge in [-0.1, -0.05) is 39.3 Å². The third-order valence-electron chi connectivity index (χ3n) is 8.77. The van der Waals surface area contributed by atoms with E-state index in [4.69, 9.17) is 4.74 Å². The van der Waals surface area contributed by atoms with E-state index in [0.29, 0.717) is 17.8 Å². The maximum atomic E-state index is 13.0. The number of hydrogen-bond acceptors (Lipinski definition) is 4. The highest BCUT2D eigenvalue weighted by molar-refractivity contribution is 6.01. The van der Waals surface area contributed by atoms with Gasteiger partial charge in [-0.3, -0.25) is 14.4 Å². The van der Waals surface area contributed by atoms with Crippen LogP contribution in [-0.4, -0.2) is 24.1 Å². The second kappa shape index (κ2) is 7.21. The summed E-state index contributed by atoms with van der Waals surface area (Å²) in [5.41, 5.74) is 1.31. The van der Waals surface area contributed by atoms with Crippen molar-refractivity contribution in [3.8, 4) is 0 Å². The summed E-state index contributed by atoms with van der Waals surface area (Å²) in [5, 5.41) is 0. The van der Waals surface area contributed by atoms with Gasteiger partial charge in [0.05, 0.1) is 5.92 Å². The molecule has 6 atom stereocenters. The lowest BCUT2D eigenvalue weighted by Crippen LogP contribution is -2.50. The van der Waals surface area contributed by atoms with Gasteiger partial charge in [-0.25, -0.2) is 0 Å². The van der Waals surface area contributed by atoms with Crippen molar-refractivity contribution in [2.45, 2.75) is 66.2 Å². The summed E-state index contributed by atoms with van der Waals surface area (Å²) in [4.78, 5) is 36.7. The number of rotatable bonds is 4. The lowest BCUT2D eigenvalue weighted by Gasteiger charge is -2.56. The molecule has 4 heteroatoms. The number of carbonyl (C=O) groups excluding carboxylic acids is 3. The summed E-state index contributed by atoms with van der Waals surface area (Å²) < 4.78 is 5.27. The molecule has 0 aromatic carbocycles. The van der Waals surface area contributed by atoms with Gasteiger partial charge in [0.1, 0.15) is 6.61 Å². The van der Waals surface area contributed by atoms with E-state index in [1.54, 1.807) is 19.9 Å². The molecule has 0 heterocycles. The van der Waals surface area contributed by atoms with Crippen molar-refractivity contribution < 1.29 is 19.1 Å². The van der Waals surface area contributed by atoms with Crippen LogP contribution in [0, 0.1) is 40.4 Å². The van der Waals surface area contributed by atoms with Crippen LogP contribution in [0.2, 0.25) is 0 Å². The molecule has 4 aliphatic rings. The van der Waals surface area contributed by atoms with Crippen LogP contribution in [0.5, 0.6) is 0 Å². The lowest BCUT2D eigenvalue weighted by atomic mass is 9.47. The van der Waals surface area contributed by atoms with Gasteiger partial charge in [-0.2, -0.15) is 0 Å². The Morgan fingerprint density at radius 3 is 2.62 bits per heavy atom. The standard InChI is InChI=1S/C25H34O4/c1-15(2)23(28)29-14-22(27)21-8-7-19-18-6-5-16-13-17(26)9-11-24(16,3)20(18)10-12-25(19,21)4/h9,11,13,15,18-21H,5-8,10,12,14H2,1-4H3/t18-,19-,20-,21+,24-,25-/m0/s1.